The molecule has 1 amide bonds. The van der Waals surface area contributed by atoms with Crippen molar-refractivity contribution in [2.24, 2.45) is 5.84 Å². The summed E-state index contributed by atoms with van der Waals surface area (Å²) in [5.74, 6) is 5.70. The van der Waals surface area contributed by atoms with Gasteiger partial charge in [0.15, 0.2) is 0 Å². The van der Waals surface area contributed by atoms with Gasteiger partial charge in [0.2, 0.25) is 0 Å². The van der Waals surface area contributed by atoms with Crippen molar-refractivity contribution in [2.75, 3.05) is 5.43 Å². The van der Waals surface area contributed by atoms with Crippen molar-refractivity contribution in [2.45, 2.75) is 13.0 Å². The van der Waals surface area contributed by atoms with Gasteiger partial charge in [0.1, 0.15) is 23.7 Å². The first-order valence-corrected chi connectivity index (χ1v) is 5.79. The second-order valence-electron chi connectivity index (χ2n) is 3.74. The van der Waals surface area contributed by atoms with Crippen LogP contribution in [0.1, 0.15) is 29.3 Å². The maximum absolute atomic E-state index is 12.1. The van der Waals surface area contributed by atoms with Crippen molar-refractivity contribution >= 4 is 23.3 Å². The molecule has 2 aromatic rings. The predicted octanol–water partition coefficient (Wildman–Crippen LogP) is 0.630. The van der Waals surface area contributed by atoms with Crippen LogP contribution in [0.5, 0.6) is 0 Å². The van der Waals surface area contributed by atoms with Crippen LogP contribution in [0.15, 0.2) is 18.5 Å². The molecule has 2 aromatic heterocycles. The van der Waals surface area contributed by atoms with E-state index in [1.165, 1.54) is 12.4 Å². The number of nitrogens with zero attached hydrogens (tertiary/aromatic N) is 3. The van der Waals surface area contributed by atoms with E-state index in [-0.39, 0.29) is 16.8 Å². The molecule has 0 saturated heterocycles. The number of carbonyl (C=O) groups is 1. The second-order valence-corrected chi connectivity index (χ2v) is 4.14. The third-order valence-electron chi connectivity index (χ3n) is 2.40. The second kappa shape index (κ2) is 5.63. The average Bonchev–Trinajstić information content (AvgIpc) is 2.93. The molecule has 0 spiro atoms. The first-order valence-electron chi connectivity index (χ1n) is 5.41. The minimum atomic E-state index is -0.425. The van der Waals surface area contributed by atoms with E-state index < -0.39 is 5.91 Å². The van der Waals surface area contributed by atoms with Gasteiger partial charge in [-0.2, -0.15) is 5.10 Å². The molecule has 2 heterocycles. The Morgan fingerprint density at radius 2 is 2.32 bits per heavy atom. The van der Waals surface area contributed by atoms with E-state index in [1.807, 2.05) is 0 Å². The largest absolute Gasteiger partial charge is 0.341 e. The van der Waals surface area contributed by atoms with Gasteiger partial charge in [-0.25, -0.2) is 15.8 Å². The highest BCUT2D eigenvalue weighted by molar-refractivity contribution is 6.33. The highest BCUT2D eigenvalue weighted by Gasteiger charge is 2.17. The van der Waals surface area contributed by atoms with Crippen LogP contribution in [-0.4, -0.2) is 26.1 Å². The number of halogens is 1. The molecule has 1 atom stereocenters. The molecule has 0 aromatic carbocycles. The molecular weight excluding hydrogens is 270 g/mol. The lowest BCUT2D eigenvalue weighted by Crippen LogP contribution is -2.28. The van der Waals surface area contributed by atoms with Gasteiger partial charge >= 0.3 is 0 Å². The van der Waals surface area contributed by atoms with Gasteiger partial charge < -0.3 is 10.7 Å². The lowest BCUT2D eigenvalue weighted by molar-refractivity contribution is 0.0933. The Morgan fingerprint density at radius 1 is 1.53 bits per heavy atom. The molecule has 0 radical (unpaired) electrons. The SMILES string of the molecule is CC(NC(=O)c1nc(NN)ccc1Cl)c1ncn[nH]1. The third-order valence-corrected chi connectivity index (χ3v) is 2.71. The molecule has 2 rings (SSSR count). The molecule has 0 bridgehead atoms. The van der Waals surface area contributed by atoms with E-state index in [4.69, 9.17) is 17.4 Å². The van der Waals surface area contributed by atoms with Crippen LogP contribution < -0.4 is 16.6 Å². The first kappa shape index (κ1) is 13.2. The smallest absolute Gasteiger partial charge is 0.272 e. The zero-order chi connectivity index (χ0) is 13.8. The number of aromatic nitrogens is 4. The number of anilines is 1. The van der Waals surface area contributed by atoms with E-state index in [9.17, 15) is 4.79 Å². The number of carbonyl (C=O) groups excluding carboxylic acids is 1. The van der Waals surface area contributed by atoms with E-state index in [1.54, 1.807) is 13.0 Å². The Balaban J connectivity index is 2.16. The Kier molecular flexibility index (Phi) is 3.93. The van der Waals surface area contributed by atoms with Crippen LogP contribution in [-0.2, 0) is 0 Å². The van der Waals surface area contributed by atoms with Crippen LogP contribution in [0.4, 0.5) is 5.82 Å². The zero-order valence-electron chi connectivity index (χ0n) is 10.0. The van der Waals surface area contributed by atoms with Gasteiger partial charge in [-0.05, 0) is 19.1 Å². The first-order chi connectivity index (χ1) is 9.11. The third kappa shape index (κ3) is 2.98. The van der Waals surface area contributed by atoms with Gasteiger partial charge in [0, 0.05) is 0 Å². The molecule has 19 heavy (non-hydrogen) atoms. The van der Waals surface area contributed by atoms with E-state index in [0.29, 0.717) is 11.6 Å². The van der Waals surface area contributed by atoms with Crippen molar-refractivity contribution in [3.8, 4) is 0 Å². The number of rotatable bonds is 4. The van der Waals surface area contributed by atoms with Crippen LogP contribution in [0.2, 0.25) is 5.02 Å². The van der Waals surface area contributed by atoms with E-state index in [2.05, 4.69) is 30.9 Å². The standard InChI is InChI=1S/C10H12ClN7O/c1-5(9-13-4-14-18-9)15-10(19)8-6(11)2-3-7(16-8)17-12/h2-5H,12H2,1H3,(H,15,19)(H,16,17)(H,13,14,18). The Morgan fingerprint density at radius 3 is 2.95 bits per heavy atom. The van der Waals surface area contributed by atoms with Crippen molar-refractivity contribution in [3.05, 3.63) is 35.0 Å². The molecular formula is C10H12ClN7O. The van der Waals surface area contributed by atoms with E-state index in [0.717, 1.165) is 0 Å². The number of aromatic amines is 1. The molecule has 0 aliphatic carbocycles. The van der Waals surface area contributed by atoms with Crippen molar-refractivity contribution in [1.82, 2.24) is 25.5 Å². The number of nitrogen functional groups attached to an aromatic ring is 1. The Labute approximate surface area is 113 Å². The van der Waals surface area contributed by atoms with Gasteiger partial charge in [0.25, 0.3) is 5.91 Å². The molecule has 0 aliphatic rings. The van der Waals surface area contributed by atoms with E-state index >= 15 is 0 Å². The molecule has 0 aliphatic heterocycles. The van der Waals surface area contributed by atoms with Gasteiger partial charge in [-0.1, -0.05) is 11.6 Å². The van der Waals surface area contributed by atoms with Gasteiger partial charge in [-0.15, -0.1) is 0 Å². The number of H-pyrrole nitrogens is 1. The summed E-state index contributed by atoms with van der Waals surface area (Å²) in [6.07, 6.45) is 1.36. The highest BCUT2D eigenvalue weighted by atomic mass is 35.5. The van der Waals surface area contributed by atoms with Crippen molar-refractivity contribution < 1.29 is 4.79 Å². The number of nitrogens with one attached hydrogen (secondary N) is 3. The van der Waals surface area contributed by atoms with Crippen LogP contribution in [0, 0.1) is 0 Å². The molecule has 100 valence electrons. The number of hydrazine groups is 1. The quantitative estimate of drug-likeness (QED) is 0.482. The zero-order valence-corrected chi connectivity index (χ0v) is 10.8. The molecule has 0 fully saturated rings. The van der Waals surface area contributed by atoms with Crippen LogP contribution in [0.3, 0.4) is 0 Å². The monoisotopic (exact) mass is 281 g/mol. The van der Waals surface area contributed by atoms with Crippen LogP contribution in [0.25, 0.3) is 0 Å². The Bertz CT molecular complexity index is 571. The molecule has 1 unspecified atom stereocenters. The summed E-state index contributed by atoms with van der Waals surface area (Å²) in [5.41, 5.74) is 2.44. The Hall–Kier alpha value is -2.19. The van der Waals surface area contributed by atoms with Crippen LogP contribution >= 0.6 is 11.6 Å². The maximum atomic E-state index is 12.1. The summed E-state index contributed by atoms with van der Waals surface area (Å²) < 4.78 is 0. The fourth-order valence-corrected chi connectivity index (χ4v) is 1.63. The predicted molar refractivity (Wildman–Crippen MR) is 69.3 cm³/mol. The summed E-state index contributed by atoms with van der Waals surface area (Å²) >= 11 is 5.93. The lowest BCUT2D eigenvalue weighted by atomic mass is 10.2. The lowest BCUT2D eigenvalue weighted by Gasteiger charge is -2.12. The minimum Gasteiger partial charge on any atom is -0.341 e. The number of hydrogen-bond donors (Lipinski definition) is 4. The topological polar surface area (TPSA) is 122 Å². The fourth-order valence-electron chi connectivity index (χ4n) is 1.44. The number of amides is 1. The number of nitrogens with two attached hydrogens (primary N) is 1. The van der Waals surface area contributed by atoms with Gasteiger partial charge in [-0.3, -0.25) is 9.89 Å². The molecule has 0 saturated carbocycles. The number of hydrogen-bond acceptors (Lipinski definition) is 6. The summed E-state index contributed by atoms with van der Waals surface area (Å²) in [6.45, 7) is 1.76. The summed E-state index contributed by atoms with van der Waals surface area (Å²) in [4.78, 5) is 20.0. The maximum Gasteiger partial charge on any atom is 0.272 e. The molecule has 8 nitrogen and oxygen atoms in total. The average molecular weight is 282 g/mol. The minimum absolute atomic E-state index is 0.0866. The normalized spacial score (nSPS) is 11.9. The molecule has 5 N–H and O–H groups in total. The molecule has 9 heteroatoms. The van der Waals surface area contributed by atoms with Crippen molar-refractivity contribution in [1.29, 1.82) is 0 Å². The summed E-state index contributed by atoms with van der Waals surface area (Å²) in [5, 5.41) is 9.32. The number of pyridine rings is 1. The van der Waals surface area contributed by atoms with Crippen molar-refractivity contribution in [3.63, 3.8) is 0 Å². The van der Waals surface area contributed by atoms with Gasteiger partial charge in [0.05, 0.1) is 11.1 Å². The summed E-state index contributed by atoms with van der Waals surface area (Å²) in [6, 6.07) is 2.76. The summed E-state index contributed by atoms with van der Waals surface area (Å²) in [7, 11) is 0. The fraction of sp³-hybridized carbons (Fsp3) is 0.200. The highest BCUT2D eigenvalue weighted by Crippen LogP contribution is 2.17.